The number of benzene rings is 2. The molecule has 0 atom stereocenters. The van der Waals surface area contributed by atoms with Crippen molar-refractivity contribution in [1.82, 2.24) is 15.2 Å². The van der Waals surface area contributed by atoms with Gasteiger partial charge < -0.3 is 20.3 Å². The van der Waals surface area contributed by atoms with Crippen molar-refractivity contribution in [2.24, 2.45) is 0 Å². The molecule has 0 bridgehead atoms. The molecule has 2 heterocycles. The van der Waals surface area contributed by atoms with E-state index in [9.17, 15) is 14.7 Å². The second-order valence-electron chi connectivity index (χ2n) is 7.14. The van der Waals surface area contributed by atoms with Crippen molar-refractivity contribution in [3.63, 3.8) is 0 Å². The predicted octanol–water partition coefficient (Wildman–Crippen LogP) is 3.41. The molecule has 0 aliphatic heterocycles. The number of likely N-dealkylation sites (N-methyl/N-ethyl adjacent to an activating group) is 1. The van der Waals surface area contributed by atoms with E-state index >= 15 is 0 Å². The number of rotatable bonds is 5. The van der Waals surface area contributed by atoms with Crippen LogP contribution in [0, 0.1) is 0 Å². The largest absolute Gasteiger partial charge is 0.507 e. The Balaban J connectivity index is 1.75. The number of aromatic amines is 1. The van der Waals surface area contributed by atoms with Crippen LogP contribution in [0.5, 0.6) is 5.75 Å². The molecule has 2 aromatic heterocycles. The Hall–Kier alpha value is -3.16. The maximum atomic E-state index is 12.3. The number of nitrogens with one attached hydrogen (secondary N) is 2. The maximum Gasteiger partial charge on any atom is 0.266 e. The van der Waals surface area contributed by atoms with Crippen LogP contribution < -0.4 is 10.9 Å². The third kappa shape index (κ3) is 3.62. The molecular weight excluding hydrogens is 386 g/mol. The van der Waals surface area contributed by atoms with Crippen LogP contribution in [0.3, 0.4) is 0 Å². The number of carbonyl (C=O) groups is 1. The van der Waals surface area contributed by atoms with Crippen LogP contribution in [0.25, 0.3) is 32.1 Å². The Morgan fingerprint density at radius 3 is 2.62 bits per heavy atom. The molecule has 0 fully saturated rings. The minimum atomic E-state index is -0.135. The van der Waals surface area contributed by atoms with Gasteiger partial charge in [-0.3, -0.25) is 9.59 Å². The van der Waals surface area contributed by atoms with E-state index in [1.165, 1.54) is 11.3 Å². The van der Waals surface area contributed by atoms with Gasteiger partial charge in [0, 0.05) is 40.5 Å². The Bertz CT molecular complexity index is 1260. The molecule has 4 rings (SSSR count). The van der Waals surface area contributed by atoms with Crippen molar-refractivity contribution >= 4 is 38.2 Å². The lowest BCUT2D eigenvalue weighted by Gasteiger charge is -2.12. The second-order valence-corrected chi connectivity index (χ2v) is 8.05. The van der Waals surface area contributed by atoms with Crippen LogP contribution in [-0.2, 0) is 0 Å². The Morgan fingerprint density at radius 2 is 1.90 bits per heavy atom. The van der Waals surface area contributed by atoms with E-state index in [4.69, 9.17) is 0 Å². The molecule has 6 nitrogen and oxygen atoms in total. The summed E-state index contributed by atoms with van der Waals surface area (Å²) in [6, 6.07) is 12.3. The number of amides is 1. The number of hydrogen-bond acceptors (Lipinski definition) is 5. The molecule has 0 unspecified atom stereocenters. The molecule has 0 spiro atoms. The van der Waals surface area contributed by atoms with Gasteiger partial charge in [0.1, 0.15) is 10.4 Å². The molecule has 2 aromatic carbocycles. The Kier molecular flexibility index (Phi) is 5.08. The fraction of sp³-hybridized carbons (Fsp3) is 0.182. The van der Waals surface area contributed by atoms with Crippen LogP contribution in [0.2, 0.25) is 0 Å². The summed E-state index contributed by atoms with van der Waals surface area (Å²) in [5.41, 5.74) is 2.50. The zero-order valence-corrected chi connectivity index (χ0v) is 17.0. The molecule has 3 N–H and O–H groups in total. The lowest BCUT2D eigenvalue weighted by molar-refractivity contribution is 0.0951. The molecule has 0 aliphatic carbocycles. The molecule has 0 aliphatic rings. The molecule has 0 radical (unpaired) electrons. The van der Waals surface area contributed by atoms with Crippen LogP contribution >= 0.6 is 11.3 Å². The molecular formula is C22H21N3O3S. The lowest BCUT2D eigenvalue weighted by Crippen LogP contribution is -2.31. The van der Waals surface area contributed by atoms with Crippen LogP contribution in [0.4, 0.5) is 0 Å². The number of aromatic hydroxyl groups is 1. The van der Waals surface area contributed by atoms with Crippen molar-refractivity contribution in [3.05, 3.63) is 63.8 Å². The van der Waals surface area contributed by atoms with Crippen molar-refractivity contribution in [1.29, 1.82) is 0 Å². The Morgan fingerprint density at radius 1 is 1.14 bits per heavy atom. The second kappa shape index (κ2) is 7.69. The van der Waals surface area contributed by atoms with Gasteiger partial charge in [0.2, 0.25) is 0 Å². The first-order valence-corrected chi connectivity index (χ1v) is 10.1. The summed E-state index contributed by atoms with van der Waals surface area (Å²) in [5, 5.41) is 17.0. The third-order valence-electron chi connectivity index (χ3n) is 4.85. The van der Waals surface area contributed by atoms with Crippen molar-refractivity contribution in [2.45, 2.75) is 0 Å². The Labute approximate surface area is 171 Å². The smallest absolute Gasteiger partial charge is 0.266 e. The minimum absolute atomic E-state index is 0.125. The molecule has 1 amide bonds. The van der Waals surface area contributed by atoms with E-state index in [1.807, 2.05) is 42.6 Å². The van der Waals surface area contributed by atoms with Crippen LogP contribution in [0.15, 0.2) is 52.6 Å². The lowest BCUT2D eigenvalue weighted by atomic mass is 9.96. The van der Waals surface area contributed by atoms with Gasteiger partial charge in [-0.25, -0.2) is 0 Å². The van der Waals surface area contributed by atoms with E-state index < -0.39 is 0 Å². The summed E-state index contributed by atoms with van der Waals surface area (Å²) in [6.45, 7) is 1.34. The zero-order valence-electron chi connectivity index (χ0n) is 16.2. The zero-order chi connectivity index (χ0) is 20.5. The number of hydrogen-bond donors (Lipinski definition) is 3. The van der Waals surface area contributed by atoms with Gasteiger partial charge in [0.25, 0.3) is 11.5 Å². The summed E-state index contributed by atoms with van der Waals surface area (Å²) in [7, 11) is 3.91. The fourth-order valence-corrected chi connectivity index (χ4v) is 4.21. The number of carbonyl (C=O) groups excluding carboxylic acids is 1. The molecule has 7 heteroatoms. The van der Waals surface area contributed by atoms with Gasteiger partial charge in [0.15, 0.2) is 0 Å². The van der Waals surface area contributed by atoms with E-state index in [1.54, 1.807) is 24.3 Å². The topological polar surface area (TPSA) is 85.4 Å². The molecule has 0 saturated carbocycles. The maximum absolute atomic E-state index is 12.3. The van der Waals surface area contributed by atoms with Gasteiger partial charge in [-0.2, -0.15) is 0 Å². The number of phenolic OH excluding ortho intramolecular Hbond substituents is 1. The summed E-state index contributed by atoms with van der Waals surface area (Å²) in [6.07, 6.45) is 0. The van der Waals surface area contributed by atoms with Crippen LogP contribution in [-0.4, -0.2) is 48.1 Å². The first kappa shape index (κ1) is 19.2. The predicted molar refractivity (Wildman–Crippen MR) is 118 cm³/mol. The fourth-order valence-electron chi connectivity index (χ4n) is 3.41. The molecule has 148 valence electrons. The number of phenols is 1. The van der Waals surface area contributed by atoms with Gasteiger partial charge in [0.05, 0.1) is 0 Å². The number of thiophene rings is 1. The van der Waals surface area contributed by atoms with Crippen molar-refractivity contribution < 1.29 is 9.90 Å². The van der Waals surface area contributed by atoms with Gasteiger partial charge in [-0.1, -0.05) is 12.1 Å². The third-order valence-corrected chi connectivity index (χ3v) is 5.77. The average Bonchev–Trinajstić information content (AvgIpc) is 3.19. The average molecular weight is 407 g/mol. The van der Waals surface area contributed by atoms with E-state index in [0.717, 1.165) is 22.9 Å². The van der Waals surface area contributed by atoms with Crippen LogP contribution in [0.1, 0.15) is 10.4 Å². The normalized spacial score (nSPS) is 11.4. The van der Waals surface area contributed by atoms with Crippen molar-refractivity contribution in [2.75, 3.05) is 27.2 Å². The molecule has 29 heavy (non-hydrogen) atoms. The number of nitrogens with zero attached hydrogens (tertiary/aromatic N) is 1. The van der Waals surface area contributed by atoms with E-state index in [-0.39, 0.29) is 17.2 Å². The number of fused-ring (bicyclic) bond motifs is 3. The van der Waals surface area contributed by atoms with E-state index in [0.29, 0.717) is 27.9 Å². The van der Waals surface area contributed by atoms with E-state index in [2.05, 4.69) is 10.3 Å². The highest BCUT2D eigenvalue weighted by molar-refractivity contribution is 7.17. The quantitative estimate of drug-likeness (QED) is 0.473. The van der Waals surface area contributed by atoms with Gasteiger partial charge in [-0.15, -0.1) is 11.3 Å². The summed E-state index contributed by atoms with van der Waals surface area (Å²) < 4.78 is 0.626. The summed E-state index contributed by atoms with van der Waals surface area (Å²) >= 11 is 1.37. The highest BCUT2D eigenvalue weighted by Gasteiger charge is 2.16. The monoisotopic (exact) mass is 407 g/mol. The number of pyridine rings is 1. The summed E-state index contributed by atoms with van der Waals surface area (Å²) in [4.78, 5) is 29.5. The number of H-pyrrole nitrogens is 1. The highest BCUT2D eigenvalue weighted by atomic mass is 32.1. The first-order valence-electron chi connectivity index (χ1n) is 9.24. The van der Waals surface area contributed by atoms with Crippen molar-refractivity contribution in [3.8, 4) is 16.9 Å². The molecule has 0 saturated heterocycles. The van der Waals surface area contributed by atoms with Gasteiger partial charge >= 0.3 is 0 Å². The van der Waals surface area contributed by atoms with Gasteiger partial charge in [-0.05, 0) is 55.4 Å². The summed E-state index contributed by atoms with van der Waals surface area (Å²) in [5.74, 6) is -0.00895. The number of aromatic nitrogens is 1. The standard InChI is InChI=1S/C22H21N3O3S/c1-25(2)11-10-23-21(27)14-5-3-13(4-6-14)18-17(26)8-7-16-19(18)15-9-12-29-20(15)22(28)24-16/h3-9,12,26H,10-11H2,1-2H3,(H,23,27)(H,24,28). The highest BCUT2D eigenvalue weighted by Crippen LogP contribution is 2.39. The minimum Gasteiger partial charge on any atom is -0.507 e. The first-order chi connectivity index (χ1) is 14.0. The molecule has 4 aromatic rings. The SMILES string of the molecule is CN(C)CCNC(=O)c1ccc(-c2c(O)ccc3[nH]c(=O)c4sccc4c23)cc1.